The van der Waals surface area contributed by atoms with Gasteiger partial charge < -0.3 is 15.7 Å². The molecular weight excluding hydrogens is 487 g/mol. The SMILES string of the molecule is CCS(=O)(=O)CCCNC[C@@](C)(O)[C@H](F)[C@H](NC(=O)c1cccnc1)c1ccc2cc(C#N)cnn12. The number of hydrogen-bond acceptors (Lipinski definition) is 8. The van der Waals surface area contributed by atoms with Crippen LogP contribution in [0.15, 0.2) is 48.9 Å². The van der Waals surface area contributed by atoms with Gasteiger partial charge in [-0.2, -0.15) is 10.4 Å². The average Bonchev–Trinajstić information content (AvgIpc) is 3.29. The Hall–Kier alpha value is -3.40. The van der Waals surface area contributed by atoms with Gasteiger partial charge in [-0.05, 0) is 50.2 Å². The number of sulfone groups is 1. The molecule has 0 aromatic carbocycles. The van der Waals surface area contributed by atoms with Crippen molar-refractivity contribution in [1.29, 1.82) is 5.26 Å². The summed E-state index contributed by atoms with van der Waals surface area (Å²) in [6, 6.07) is 8.58. The summed E-state index contributed by atoms with van der Waals surface area (Å²) >= 11 is 0. The number of nitrogens with zero attached hydrogens (tertiary/aromatic N) is 4. The van der Waals surface area contributed by atoms with Gasteiger partial charge in [0.2, 0.25) is 0 Å². The monoisotopic (exact) mass is 516 g/mol. The number of halogens is 1. The van der Waals surface area contributed by atoms with Gasteiger partial charge >= 0.3 is 0 Å². The van der Waals surface area contributed by atoms with E-state index < -0.39 is 33.6 Å². The maximum absolute atomic E-state index is 16.0. The summed E-state index contributed by atoms with van der Waals surface area (Å²) in [6.45, 7) is 2.95. The van der Waals surface area contributed by atoms with Crippen LogP contribution in [0.3, 0.4) is 0 Å². The maximum Gasteiger partial charge on any atom is 0.253 e. The number of carbonyl (C=O) groups is 1. The number of fused-ring (bicyclic) bond motifs is 1. The number of nitrogens with one attached hydrogen (secondary N) is 2. The van der Waals surface area contributed by atoms with Crippen molar-refractivity contribution in [2.75, 3.05) is 24.6 Å². The highest BCUT2D eigenvalue weighted by Gasteiger charge is 2.41. The zero-order chi connectivity index (χ0) is 26.3. The van der Waals surface area contributed by atoms with E-state index in [1.165, 1.54) is 36.1 Å². The highest BCUT2D eigenvalue weighted by Crippen LogP contribution is 2.29. The van der Waals surface area contributed by atoms with E-state index in [4.69, 9.17) is 5.26 Å². The van der Waals surface area contributed by atoms with Crippen molar-refractivity contribution >= 4 is 21.3 Å². The van der Waals surface area contributed by atoms with Gasteiger partial charge in [0.25, 0.3) is 5.91 Å². The smallest absolute Gasteiger partial charge is 0.253 e. The molecule has 192 valence electrons. The molecular formula is C24H29FN6O4S. The predicted octanol–water partition coefficient (Wildman–Crippen LogP) is 1.58. The first-order chi connectivity index (χ1) is 17.1. The number of pyridine rings is 1. The number of aromatic nitrogens is 3. The van der Waals surface area contributed by atoms with E-state index in [0.717, 1.165) is 0 Å². The van der Waals surface area contributed by atoms with Crippen LogP contribution in [0.25, 0.3) is 5.52 Å². The Morgan fingerprint density at radius 2 is 2.11 bits per heavy atom. The Morgan fingerprint density at radius 3 is 2.78 bits per heavy atom. The summed E-state index contributed by atoms with van der Waals surface area (Å²) in [7, 11) is -3.12. The van der Waals surface area contributed by atoms with E-state index >= 15 is 4.39 Å². The summed E-state index contributed by atoms with van der Waals surface area (Å²) in [6.07, 6.45) is 2.51. The first-order valence-electron chi connectivity index (χ1n) is 11.4. The molecule has 0 saturated heterocycles. The Morgan fingerprint density at radius 1 is 1.33 bits per heavy atom. The minimum absolute atomic E-state index is 0.00596. The Balaban J connectivity index is 1.83. The molecule has 3 rings (SSSR count). The molecule has 0 aliphatic rings. The van der Waals surface area contributed by atoms with Crippen molar-refractivity contribution in [2.24, 2.45) is 0 Å². The lowest BCUT2D eigenvalue weighted by molar-refractivity contribution is -0.0343. The fraction of sp³-hybridized carbons (Fsp3) is 0.417. The molecule has 0 fully saturated rings. The third kappa shape index (κ3) is 6.63. The Kier molecular flexibility index (Phi) is 8.73. The highest BCUT2D eigenvalue weighted by atomic mass is 32.2. The number of alkyl halides is 1. The number of amides is 1. The second-order valence-corrected chi connectivity index (χ2v) is 11.1. The van der Waals surface area contributed by atoms with Gasteiger partial charge in [-0.1, -0.05) is 6.92 Å². The second kappa shape index (κ2) is 11.6. The molecule has 3 aromatic rings. The standard InChI is InChI=1S/C24H29FN6O4S/c1-3-36(34,35)11-5-10-28-16-24(2,33)22(25)21(30-23(32)18-6-4-9-27-15-18)20-8-7-19-12-17(13-26)14-29-31(19)20/h4,6-9,12,14-15,21-22,28,33H,3,5,10-11,16H2,1-2H3,(H,30,32)/t21-,22-,24-/m1/s1. The zero-order valence-electron chi connectivity index (χ0n) is 20.1. The van der Waals surface area contributed by atoms with E-state index in [2.05, 4.69) is 20.7 Å². The minimum Gasteiger partial charge on any atom is -0.386 e. The second-order valence-electron chi connectivity index (χ2n) is 8.67. The molecule has 3 aromatic heterocycles. The first-order valence-corrected chi connectivity index (χ1v) is 13.3. The van der Waals surface area contributed by atoms with E-state index in [-0.39, 0.29) is 35.9 Å². The molecule has 36 heavy (non-hydrogen) atoms. The predicted molar refractivity (Wildman–Crippen MR) is 132 cm³/mol. The van der Waals surface area contributed by atoms with E-state index in [0.29, 0.717) is 17.5 Å². The molecule has 3 N–H and O–H groups in total. The topological polar surface area (TPSA) is 149 Å². The van der Waals surface area contributed by atoms with Crippen LogP contribution >= 0.6 is 0 Å². The molecule has 0 aliphatic heterocycles. The van der Waals surface area contributed by atoms with Gasteiger partial charge in [0, 0.05) is 24.7 Å². The van der Waals surface area contributed by atoms with Crippen molar-refractivity contribution in [2.45, 2.75) is 38.1 Å². The van der Waals surface area contributed by atoms with Crippen molar-refractivity contribution in [3.05, 3.63) is 65.7 Å². The van der Waals surface area contributed by atoms with Crippen LogP contribution in [0, 0.1) is 11.3 Å². The van der Waals surface area contributed by atoms with Gasteiger partial charge in [-0.15, -0.1) is 0 Å². The third-order valence-corrected chi connectivity index (χ3v) is 7.60. The lowest BCUT2D eigenvalue weighted by atomic mass is 9.92. The van der Waals surface area contributed by atoms with E-state index in [1.54, 1.807) is 31.2 Å². The van der Waals surface area contributed by atoms with Crippen LogP contribution < -0.4 is 10.6 Å². The average molecular weight is 517 g/mol. The maximum atomic E-state index is 16.0. The quantitative estimate of drug-likeness (QED) is 0.307. The van der Waals surface area contributed by atoms with Crippen LogP contribution in [0.1, 0.15) is 47.9 Å². The van der Waals surface area contributed by atoms with Crippen LogP contribution in [-0.4, -0.2) is 70.4 Å². The van der Waals surface area contributed by atoms with Crippen LogP contribution in [0.2, 0.25) is 0 Å². The molecule has 12 heteroatoms. The van der Waals surface area contributed by atoms with Gasteiger partial charge in [-0.25, -0.2) is 17.3 Å². The van der Waals surface area contributed by atoms with Gasteiger partial charge in [0.15, 0.2) is 6.17 Å². The summed E-state index contributed by atoms with van der Waals surface area (Å²) in [5, 5.41) is 29.9. The fourth-order valence-corrected chi connectivity index (χ4v) is 4.57. The molecule has 0 unspecified atom stereocenters. The molecule has 3 atom stereocenters. The van der Waals surface area contributed by atoms with Crippen LogP contribution in [0.5, 0.6) is 0 Å². The molecule has 0 saturated carbocycles. The van der Waals surface area contributed by atoms with E-state index in [1.807, 2.05) is 6.07 Å². The van der Waals surface area contributed by atoms with Crippen LogP contribution in [0.4, 0.5) is 4.39 Å². The molecule has 10 nitrogen and oxygen atoms in total. The molecule has 0 spiro atoms. The van der Waals surface area contributed by atoms with Crippen molar-refractivity contribution in [3.8, 4) is 6.07 Å². The number of rotatable bonds is 12. The fourth-order valence-electron chi connectivity index (χ4n) is 3.69. The molecule has 1 amide bonds. The van der Waals surface area contributed by atoms with Gasteiger partial charge in [0.1, 0.15) is 27.5 Å². The summed E-state index contributed by atoms with van der Waals surface area (Å²) in [4.78, 5) is 16.8. The first kappa shape index (κ1) is 27.2. The Labute approximate surface area is 209 Å². The van der Waals surface area contributed by atoms with Gasteiger partial charge in [-0.3, -0.25) is 9.78 Å². The summed E-state index contributed by atoms with van der Waals surface area (Å²) < 4.78 is 40.7. The number of aliphatic hydroxyl groups is 1. The normalized spacial score (nSPS) is 15.1. The molecule has 0 aliphatic carbocycles. The zero-order valence-corrected chi connectivity index (χ0v) is 20.9. The molecule has 0 bridgehead atoms. The van der Waals surface area contributed by atoms with Crippen molar-refractivity contribution in [3.63, 3.8) is 0 Å². The lowest BCUT2D eigenvalue weighted by Gasteiger charge is -2.33. The highest BCUT2D eigenvalue weighted by molar-refractivity contribution is 7.91. The number of nitriles is 1. The lowest BCUT2D eigenvalue weighted by Crippen LogP contribution is -2.52. The summed E-state index contributed by atoms with van der Waals surface area (Å²) in [5.41, 5.74) is -0.612. The molecule has 0 radical (unpaired) electrons. The number of hydrogen-bond donors (Lipinski definition) is 3. The molecule has 3 heterocycles. The van der Waals surface area contributed by atoms with E-state index in [9.17, 15) is 18.3 Å². The Bertz CT molecular complexity index is 1340. The number of carbonyl (C=O) groups excluding carboxylic acids is 1. The van der Waals surface area contributed by atoms with Gasteiger partial charge in [0.05, 0.1) is 34.3 Å². The largest absolute Gasteiger partial charge is 0.386 e. The van der Waals surface area contributed by atoms with Crippen LogP contribution in [-0.2, 0) is 9.84 Å². The van der Waals surface area contributed by atoms with Crippen molar-refractivity contribution in [1.82, 2.24) is 25.2 Å². The third-order valence-electron chi connectivity index (χ3n) is 5.81. The minimum atomic E-state index is -3.12. The summed E-state index contributed by atoms with van der Waals surface area (Å²) in [5.74, 6) is -0.550. The van der Waals surface area contributed by atoms with Crippen molar-refractivity contribution < 1.29 is 22.7 Å².